The lowest BCUT2D eigenvalue weighted by atomic mass is 10.3. The molecule has 3 rings (SSSR count). The predicted molar refractivity (Wildman–Crippen MR) is 89.7 cm³/mol. The molecule has 0 bridgehead atoms. The van der Waals surface area contributed by atoms with Gasteiger partial charge in [-0.1, -0.05) is 12.1 Å². The Morgan fingerprint density at radius 2 is 2.04 bits per heavy atom. The first-order chi connectivity index (χ1) is 11.5. The van der Waals surface area contributed by atoms with Gasteiger partial charge < -0.3 is 19.6 Å². The number of imidazole rings is 1. The molecule has 0 saturated carbocycles. The number of carbonyl (C=O) groups excluding carboxylic acids is 1. The number of amides is 1. The second-order valence-corrected chi connectivity index (χ2v) is 5.63. The number of para-hydroxylation sites is 2. The number of aromatic nitrogens is 3. The average molecular weight is 326 g/mol. The molecule has 1 aromatic carbocycles. The number of rotatable bonds is 4. The first-order valence-corrected chi connectivity index (χ1v) is 7.53. The molecule has 0 atom stereocenters. The summed E-state index contributed by atoms with van der Waals surface area (Å²) in [7, 11) is 1.89. The number of hydrogen-bond donors (Lipinski definition) is 2. The van der Waals surface area contributed by atoms with Crippen molar-refractivity contribution < 1.29 is 9.90 Å². The van der Waals surface area contributed by atoms with Crippen molar-refractivity contribution in [2.45, 2.75) is 20.0 Å². The van der Waals surface area contributed by atoms with Crippen LogP contribution >= 0.6 is 0 Å². The maximum Gasteiger partial charge on any atom is 0.254 e. The average Bonchev–Trinajstić information content (AvgIpc) is 2.85. The van der Waals surface area contributed by atoms with Gasteiger partial charge in [-0.25, -0.2) is 4.98 Å². The summed E-state index contributed by atoms with van der Waals surface area (Å²) in [5.74, 6) is 0.339. The predicted octanol–water partition coefficient (Wildman–Crippen LogP) is 1.07. The number of hydrogen-bond acceptors (Lipinski definition) is 4. The lowest BCUT2D eigenvalue weighted by Crippen LogP contribution is -2.33. The summed E-state index contributed by atoms with van der Waals surface area (Å²) in [5.41, 5.74) is 1.98. The first-order valence-electron chi connectivity index (χ1n) is 7.53. The van der Waals surface area contributed by atoms with Gasteiger partial charge in [-0.3, -0.25) is 9.59 Å². The van der Waals surface area contributed by atoms with E-state index in [1.165, 1.54) is 10.6 Å². The first kappa shape index (κ1) is 15.8. The third-order valence-electron chi connectivity index (χ3n) is 3.95. The lowest BCUT2D eigenvalue weighted by Gasteiger charge is -2.10. The minimum atomic E-state index is -0.412. The van der Waals surface area contributed by atoms with E-state index in [1.807, 2.05) is 35.9 Å². The normalized spacial score (nSPS) is 10.9. The third kappa shape index (κ3) is 3.01. The molecule has 0 saturated heterocycles. The number of carbonyl (C=O) groups is 1. The van der Waals surface area contributed by atoms with Gasteiger partial charge in [-0.15, -0.1) is 0 Å². The fourth-order valence-corrected chi connectivity index (χ4v) is 2.65. The van der Waals surface area contributed by atoms with E-state index in [0.29, 0.717) is 5.69 Å². The van der Waals surface area contributed by atoms with Crippen molar-refractivity contribution in [2.75, 3.05) is 0 Å². The van der Waals surface area contributed by atoms with E-state index in [-0.39, 0.29) is 24.7 Å². The Labute approximate surface area is 138 Å². The summed E-state index contributed by atoms with van der Waals surface area (Å²) < 4.78 is 3.23. The van der Waals surface area contributed by atoms with Crippen LogP contribution in [0.3, 0.4) is 0 Å². The van der Waals surface area contributed by atoms with Crippen molar-refractivity contribution in [3.63, 3.8) is 0 Å². The summed E-state index contributed by atoms with van der Waals surface area (Å²) in [4.78, 5) is 28.5. The Morgan fingerprint density at radius 3 is 2.75 bits per heavy atom. The van der Waals surface area contributed by atoms with Crippen molar-refractivity contribution in [1.29, 1.82) is 0 Å². The van der Waals surface area contributed by atoms with Crippen LogP contribution in [0.5, 0.6) is 5.75 Å². The van der Waals surface area contributed by atoms with Gasteiger partial charge in [0.05, 0.1) is 17.6 Å². The van der Waals surface area contributed by atoms with Crippen LogP contribution in [0, 0.1) is 6.92 Å². The Morgan fingerprint density at radius 1 is 1.29 bits per heavy atom. The number of nitrogens with one attached hydrogen (secondary N) is 1. The zero-order valence-corrected chi connectivity index (χ0v) is 13.5. The van der Waals surface area contributed by atoms with Gasteiger partial charge in [0.25, 0.3) is 5.56 Å². The topological polar surface area (TPSA) is 89.2 Å². The summed E-state index contributed by atoms with van der Waals surface area (Å²) in [6.07, 6.45) is 0. The van der Waals surface area contributed by atoms with Gasteiger partial charge in [0.15, 0.2) is 0 Å². The Bertz CT molecular complexity index is 972. The molecule has 0 spiro atoms. The van der Waals surface area contributed by atoms with Crippen molar-refractivity contribution in [3.05, 3.63) is 58.3 Å². The van der Waals surface area contributed by atoms with Crippen LogP contribution in [-0.4, -0.2) is 25.1 Å². The molecule has 0 aliphatic carbocycles. The molecule has 7 nitrogen and oxygen atoms in total. The lowest BCUT2D eigenvalue weighted by molar-refractivity contribution is -0.121. The smallest absolute Gasteiger partial charge is 0.254 e. The minimum Gasteiger partial charge on any atom is -0.508 e. The second-order valence-electron chi connectivity index (χ2n) is 5.63. The Balaban J connectivity index is 1.72. The zero-order valence-electron chi connectivity index (χ0n) is 13.5. The molecule has 2 heterocycles. The van der Waals surface area contributed by atoms with E-state index in [9.17, 15) is 14.7 Å². The molecular weight excluding hydrogens is 308 g/mol. The van der Waals surface area contributed by atoms with Crippen LogP contribution in [0.15, 0.2) is 41.2 Å². The molecular formula is C17H18N4O3. The maximum atomic E-state index is 12.1. The molecule has 0 unspecified atom stereocenters. The molecule has 3 aromatic rings. The van der Waals surface area contributed by atoms with E-state index < -0.39 is 5.56 Å². The SMILES string of the molecule is Cc1cc(O)cc(=O)n1CC(=O)NCc1nc2ccccc2n1C. The highest BCUT2D eigenvalue weighted by Crippen LogP contribution is 2.14. The second kappa shape index (κ2) is 6.19. The van der Waals surface area contributed by atoms with Crippen LogP contribution in [-0.2, 0) is 24.9 Å². The van der Waals surface area contributed by atoms with Crippen LogP contribution in [0.25, 0.3) is 11.0 Å². The van der Waals surface area contributed by atoms with Crippen LogP contribution in [0.1, 0.15) is 11.5 Å². The molecule has 7 heteroatoms. The molecule has 0 aliphatic rings. The molecule has 0 radical (unpaired) electrons. The highest BCUT2D eigenvalue weighted by molar-refractivity contribution is 5.77. The summed E-state index contributed by atoms with van der Waals surface area (Å²) in [6, 6.07) is 10.3. The van der Waals surface area contributed by atoms with E-state index in [0.717, 1.165) is 22.9 Å². The third-order valence-corrected chi connectivity index (χ3v) is 3.95. The van der Waals surface area contributed by atoms with Gasteiger partial charge in [0, 0.05) is 18.8 Å². The minimum absolute atomic E-state index is 0.102. The molecule has 2 N–H and O–H groups in total. The quantitative estimate of drug-likeness (QED) is 0.750. The molecule has 124 valence electrons. The van der Waals surface area contributed by atoms with E-state index in [4.69, 9.17) is 0 Å². The number of pyridine rings is 1. The van der Waals surface area contributed by atoms with Crippen molar-refractivity contribution in [2.24, 2.45) is 7.05 Å². The molecule has 0 fully saturated rings. The summed E-state index contributed by atoms with van der Waals surface area (Å²) >= 11 is 0. The molecule has 1 amide bonds. The standard InChI is InChI=1S/C17H18N4O3/c1-11-7-12(22)8-17(24)21(11)10-16(23)18-9-15-19-13-5-3-4-6-14(13)20(15)2/h3-8,22H,9-10H2,1-2H3,(H,18,23). The largest absolute Gasteiger partial charge is 0.508 e. The van der Waals surface area contributed by atoms with Crippen molar-refractivity contribution in [1.82, 2.24) is 19.4 Å². The van der Waals surface area contributed by atoms with Gasteiger partial charge in [0.2, 0.25) is 5.91 Å². The fourth-order valence-electron chi connectivity index (χ4n) is 2.65. The molecule has 24 heavy (non-hydrogen) atoms. The summed E-state index contributed by atoms with van der Waals surface area (Å²) in [6.45, 7) is 1.84. The van der Waals surface area contributed by atoms with Gasteiger partial charge in [-0.05, 0) is 25.1 Å². The van der Waals surface area contributed by atoms with Crippen molar-refractivity contribution in [3.8, 4) is 5.75 Å². The number of aromatic hydroxyl groups is 1. The number of benzene rings is 1. The van der Waals surface area contributed by atoms with Crippen LogP contribution < -0.4 is 10.9 Å². The van der Waals surface area contributed by atoms with E-state index in [2.05, 4.69) is 10.3 Å². The summed E-state index contributed by atoms with van der Waals surface area (Å²) in [5, 5.41) is 12.2. The van der Waals surface area contributed by atoms with Gasteiger partial charge >= 0.3 is 0 Å². The maximum absolute atomic E-state index is 12.1. The Kier molecular flexibility index (Phi) is 4.07. The Hall–Kier alpha value is -3.09. The van der Waals surface area contributed by atoms with E-state index in [1.54, 1.807) is 6.92 Å². The van der Waals surface area contributed by atoms with Gasteiger partial charge in [0.1, 0.15) is 18.1 Å². The number of fused-ring (bicyclic) bond motifs is 1. The highest BCUT2D eigenvalue weighted by Gasteiger charge is 2.11. The molecule has 0 aliphatic heterocycles. The number of aryl methyl sites for hydroxylation is 2. The zero-order chi connectivity index (χ0) is 17.3. The molecule has 2 aromatic heterocycles. The van der Waals surface area contributed by atoms with Crippen LogP contribution in [0.4, 0.5) is 0 Å². The number of nitrogens with zero attached hydrogens (tertiary/aromatic N) is 3. The van der Waals surface area contributed by atoms with E-state index >= 15 is 0 Å². The monoisotopic (exact) mass is 326 g/mol. The highest BCUT2D eigenvalue weighted by atomic mass is 16.3. The fraction of sp³-hybridized carbons (Fsp3) is 0.235. The van der Waals surface area contributed by atoms with Gasteiger partial charge in [-0.2, -0.15) is 0 Å². The van der Waals surface area contributed by atoms with Crippen LogP contribution in [0.2, 0.25) is 0 Å². The van der Waals surface area contributed by atoms with Crippen molar-refractivity contribution >= 4 is 16.9 Å².